The molecule has 2 aliphatic heterocycles. The summed E-state index contributed by atoms with van der Waals surface area (Å²) in [6.45, 7) is 5.04. The van der Waals surface area contributed by atoms with Crippen LogP contribution in [0.2, 0.25) is 0 Å². The molecule has 0 amide bonds. The molecule has 5 heteroatoms. The Morgan fingerprint density at radius 1 is 1.00 bits per heavy atom. The van der Waals surface area contributed by atoms with E-state index in [1.54, 1.807) is 11.3 Å². The summed E-state index contributed by atoms with van der Waals surface area (Å²) in [5.41, 5.74) is 4.68. The Morgan fingerprint density at radius 3 is 2.78 bits per heavy atom. The quantitative estimate of drug-likeness (QED) is 0.412. The summed E-state index contributed by atoms with van der Waals surface area (Å²) >= 11 is 1.81. The molecule has 1 fully saturated rings. The van der Waals surface area contributed by atoms with Crippen molar-refractivity contribution in [3.8, 4) is 0 Å². The van der Waals surface area contributed by atoms with E-state index in [2.05, 4.69) is 95.3 Å². The van der Waals surface area contributed by atoms with Crippen molar-refractivity contribution < 1.29 is 0 Å². The molecule has 1 atom stereocenters. The number of aryl methyl sites for hydroxylation is 1. The van der Waals surface area contributed by atoms with Gasteiger partial charge in [0.15, 0.2) is 0 Å². The largest absolute Gasteiger partial charge is 0.353 e. The van der Waals surface area contributed by atoms with Crippen LogP contribution in [0.3, 0.4) is 0 Å². The van der Waals surface area contributed by atoms with Gasteiger partial charge in [-0.25, -0.2) is 4.99 Å². The zero-order valence-electron chi connectivity index (χ0n) is 18.1. The molecule has 3 aromatic carbocycles. The number of benzene rings is 3. The van der Waals surface area contributed by atoms with Crippen molar-refractivity contribution in [2.75, 3.05) is 25.0 Å². The van der Waals surface area contributed by atoms with Gasteiger partial charge in [0, 0.05) is 30.6 Å². The summed E-state index contributed by atoms with van der Waals surface area (Å²) in [5.74, 6) is 1.09. The van der Waals surface area contributed by atoms with Gasteiger partial charge in [0.1, 0.15) is 10.8 Å². The number of nitrogens with one attached hydrogen (secondary N) is 2. The molecule has 0 unspecified atom stereocenters. The first-order chi connectivity index (χ1) is 15.7. The molecule has 1 aromatic heterocycles. The fourth-order valence-corrected chi connectivity index (χ4v) is 5.71. The van der Waals surface area contributed by atoms with E-state index in [0.29, 0.717) is 6.04 Å². The lowest BCUT2D eigenvalue weighted by Crippen LogP contribution is -2.53. The Bertz CT molecular complexity index is 1320. The van der Waals surface area contributed by atoms with Crippen LogP contribution < -0.4 is 10.6 Å². The van der Waals surface area contributed by atoms with Gasteiger partial charge in [0.05, 0.1) is 16.9 Å². The van der Waals surface area contributed by atoms with Crippen molar-refractivity contribution in [2.24, 2.45) is 4.99 Å². The number of hydrogen-bond acceptors (Lipinski definition) is 5. The van der Waals surface area contributed by atoms with E-state index in [0.717, 1.165) is 43.3 Å². The summed E-state index contributed by atoms with van der Waals surface area (Å²) in [4.78, 5) is 8.93. The first kappa shape index (κ1) is 19.5. The molecule has 2 aliphatic rings. The van der Waals surface area contributed by atoms with E-state index in [4.69, 9.17) is 4.99 Å². The van der Waals surface area contributed by atoms with Crippen LogP contribution in [0.25, 0.3) is 10.8 Å². The molecular formula is C27H26N4S. The van der Waals surface area contributed by atoms with Crippen molar-refractivity contribution in [3.63, 3.8) is 0 Å². The number of hydrogen-bond donors (Lipinski definition) is 2. The molecule has 2 N–H and O–H groups in total. The molecule has 4 aromatic rings. The van der Waals surface area contributed by atoms with Gasteiger partial charge in [-0.1, -0.05) is 54.6 Å². The van der Waals surface area contributed by atoms with Crippen LogP contribution in [0.4, 0.5) is 16.4 Å². The maximum Gasteiger partial charge on any atom is 0.139 e. The minimum Gasteiger partial charge on any atom is -0.353 e. The highest BCUT2D eigenvalue weighted by Gasteiger charge is 2.27. The fourth-order valence-electron chi connectivity index (χ4n) is 4.79. The topological polar surface area (TPSA) is 39.7 Å². The zero-order chi connectivity index (χ0) is 21.5. The van der Waals surface area contributed by atoms with Crippen molar-refractivity contribution in [1.29, 1.82) is 0 Å². The summed E-state index contributed by atoms with van der Waals surface area (Å²) in [6, 6.07) is 26.4. The lowest BCUT2D eigenvalue weighted by molar-refractivity contribution is 0.290. The molecule has 0 spiro atoms. The molecule has 0 bridgehead atoms. The van der Waals surface area contributed by atoms with Crippen molar-refractivity contribution in [1.82, 2.24) is 10.2 Å². The lowest BCUT2D eigenvalue weighted by atomic mass is 10.00. The highest BCUT2D eigenvalue weighted by atomic mass is 32.1. The Kier molecular flexibility index (Phi) is 4.93. The normalized spacial score (nSPS) is 17.8. The monoisotopic (exact) mass is 438 g/mol. The van der Waals surface area contributed by atoms with Gasteiger partial charge in [-0.05, 0) is 47.9 Å². The van der Waals surface area contributed by atoms with Gasteiger partial charge in [-0.2, -0.15) is 0 Å². The second-order valence-corrected chi connectivity index (χ2v) is 9.92. The SMILES string of the molecule is Cc1cc2c(s1)Nc1ccccc1N=C2N1CCN[C@@H](Cc2ccc3ccccc3c2)C1. The third-order valence-electron chi connectivity index (χ3n) is 6.33. The van der Waals surface area contributed by atoms with Crippen LogP contribution in [0.1, 0.15) is 16.0 Å². The Balaban J connectivity index is 1.30. The molecule has 32 heavy (non-hydrogen) atoms. The van der Waals surface area contributed by atoms with Crippen molar-refractivity contribution in [3.05, 3.63) is 88.8 Å². The van der Waals surface area contributed by atoms with Crippen LogP contribution in [-0.2, 0) is 6.42 Å². The zero-order valence-corrected chi connectivity index (χ0v) is 19.0. The molecule has 4 nitrogen and oxygen atoms in total. The summed E-state index contributed by atoms with van der Waals surface area (Å²) < 4.78 is 0. The minimum absolute atomic E-state index is 0.391. The highest BCUT2D eigenvalue weighted by Crippen LogP contribution is 2.39. The molecule has 0 aliphatic carbocycles. The Hall–Kier alpha value is -3.15. The minimum atomic E-state index is 0.391. The van der Waals surface area contributed by atoms with E-state index in [9.17, 15) is 0 Å². The van der Waals surface area contributed by atoms with Gasteiger partial charge in [0.2, 0.25) is 0 Å². The number of nitrogens with zero attached hydrogens (tertiary/aromatic N) is 2. The predicted molar refractivity (Wildman–Crippen MR) is 136 cm³/mol. The maximum absolute atomic E-state index is 5.16. The predicted octanol–water partition coefficient (Wildman–Crippen LogP) is 5.86. The van der Waals surface area contributed by atoms with E-state index < -0.39 is 0 Å². The standard InChI is InChI=1S/C27H26N4S/c1-18-14-23-26(29-24-8-4-5-9-25(24)30-27(23)32-18)31-13-12-28-22(17-31)16-19-10-11-20-6-2-3-7-21(20)15-19/h2-11,14-15,22,28,30H,12-13,16-17H2,1H3/t22-/m0/s1. The Morgan fingerprint density at radius 2 is 1.84 bits per heavy atom. The molecular weight excluding hydrogens is 412 g/mol. The van der Waals surface area contributed by atoms with Crippen LogP contribution >= 0.6 is 11.3 Å². The Labute approximate surface area is 192 Å². The smallest absolute Gasteiger partial charge is 0.139 e. The number of amidine groups is 1. The van der Waals surface area contributed by atoms with Crippen molar-refractivity contribution in [2.45, 2.75) is 19.4 Å². The number of para-hydroxylation sites is 2. The van der Waals surface area contributed by atoms with Gasteiger partial charge in [-0.15, -0.1) is 11.3 Å². The summed E-state index contributed by atoms with van der Waals surface area (Å²) in [5, 5.41) is 11.2. The number of rotatable bonds is 2. The molecule has 0 radical (unpaired) electrons. The molecule has 160 valence electrons. The average molecular weight is 439 g/mol. The van der Waals surface area contributed by atoms with Crippen LogP contribution in [-0.4, -0.2) is 36.4 Å². The average Bonchev–Trinajstić information content (AvgIpc) is 3.10. The van der Waals surface area contributed by atoms with Gasteiger partial charge in [-0.3, -0.25) is 0 Å². The van der Waals surface area contributed by atoms with E-state index in [-0.39, 0.29) is 0 Å². The number of fused-ring (bicyclic) bond motifs is 3. The number of anilines is 2. The maximum atomic E-state index is 5.16. The van der Waals surface area contributed by atoms with E-state index >= 15 is 0 Å². The van der Waals surface area contributed by atoms with Crippen molar-refractivity contribution >= 4 is 44.3 Å². The third-order valence-corrected chi connectivity index (χ3v) is 7.29. The first-order valence-corrected chi connectivity index (χ1v) is 12.1. The van der Waals surface area contributed by atoms with E-state index in [1.165, 1.54) is 31.8 Å². The van der Waals surface area contributed by atoms with Crippen LogP contribution in [0.15, 0.2) is 77.8 Å². The van der Waals surface area contributed by atoms with Gasteiger partial charge < -0.3 is 15.5 Å². The van der Waals surface area contributed by atoms with E-state index in [1.807, 2.05) is 0 Å². The van der Waals surface area contributed by atoms with Crippen LogP contribution in [0.5, 0.6) is 0 Å². The molecule has 6 rings (SSSR count). The third kappa shape index (κ3) is 3.68. The number of thiophene rings is 1. The number of piperazine rings is 1. The molecule has 0 saturated carbocycles. The molecule has 3 heterocycles. The second kappa shape index (κ2) is 8.08. The second-order valence-electron chi connectivity index (χ2n) is 8.66. The summed E-state index contributed by atoms with van der Waals surface area (Å²) in [6.07, 6.45) is 1.01. The fraction of sp³-hybridized carbons (Fsp3) is 0.222. The lowest BCUT2D eigenvalue weighted by Gasteiger charge is -2.36. The van der Waals surface area contributed by atoms with Crippen LogP contribution in [0, 0.1) is 6.92 Å². The first-order valence-electron chi connectivity index (χ1n) is 11.2. The number of aliphatic imine (C=N–C) groups is 1. The highest BCUT2D eigenvalue weighted by molar-refractivity contribution is 7.16. The van der Waals surface area contributed by atoms with Gasteiger partial charge in [0.25, 0.3) is 0 Å². The molecule has 1 saturated heterocycles. The van der Waals surface area contributed by atoms with Gasteiger partial charge >= 0.3 is 0 Å². The summed E-state index contributed by atoms with van der Waals surface area (Å²) in [7, 11) is 0.